The average Bonchev–Trinajstić information content (AvgIpc) is 2.95. The maximum atomic E-state index is 13.9. The zero-order valence-electron chi connectivity index (χ0n) is 24.8. The van der Waals surface area contributed by atoms with Crippen LogP contribution in [0, 0.1) is 6.92 Å². The van der Waals surface area contributed by atoms with E-state index in [9.17, 15) is 18.0 Å². The Morgan fingerprint density at radius 1 is 1.10 bits per heavy atom. The molecule has 12 heteroatoms. The van der Waals surface area contributed by atoms with Gasteiger partial charge in [-0.25, -0.2) is 22.5 Å². The van der Waals surface area contributed by atoms with Crippen LogP contribution in [0.25, 0.3) is 11.3 Å². The van der Waals surface area contributed by atoms with E-state index in [0.29, 0.717) is 18.7 Å². The topological polar surface area (TPSA) is 152 Å². The summed E-state index contributed by atoms with van der Waals surface area (Å²) < 4.78 is 38.2. The highest BCUT2D eigenvalue weighted by atomic mass is 32.2. The molecule has 0 unspecified atom stereocenters. The second kappa shape index (κ2) is 12.6. The predicted molar refractivity (Wildman–Crippen MR) is 158 cm³/mol. The third kappa shape index (κ3) is 6.71. The molecule has 42 heavy (non-hydrogen) atoms. The summed E-state index contributed by atoms with van der Waals surface area (Å²) in [7, 11) is -4.05. The predicted octanol–water partition coefficient (Wildman–Crippen LogP) is 3.19. The normalized spacial score (nSPS) is 18.5. The van der Waals surface area contributed by atoms with Crippen LogP contribution < -0.4 is 10.5 Å². The van der Waals surface area contributed by atoms with Gasteiger partial charge in [0.05, 0.1) is 12.3 Å². The van der Waals surface area contributed by atoms with Crippen LogP contribution in [0.2, 0.25) is 0 Å². The van der Waals surface area contributed by atoms with Crippen LogP contribution >= 0.6 is 0 Å². The Bertz CT molecular complexity index is 1390. The number of rotatable bonds is 8. The molecule has 2 aliphatic rings. The molecule has 11 nitrogen and oxygen atoms in total. The van der Waals surface area contributed by atoms with E-state index in [0.717, 1.165) is 22.4 Å². The fourth-order valence-corrected chi connectivity index (χ4v) is 7.85. The Kier molecular flexibility index (Phi) is 9.49. The number of carbonyl (C=O) groups is 2. The monoisotopic (exact) mass is 602 g/mol. The third-order valence-electron chi connectivity index (χ3n) is 8.02. The lowest BCUT2D eigenvalue weighted by atomic mass is 9.88. The molecule has 4 rings (SSSR count). The first-order valence-electron chi connectivity index (χ1n) is 14.4. The summed E-state index contributed by atoms with van der Waals surface area (Å²) in [6.07, 6.45) is 0.563. The van der Waals surface area contributed by atoms with Crippen molar-refractivity contribution in [3.63, 3.8) is 0 Å². The first kappa shape index (κ1) is 31.7. The molecule has 0 aliphatic carbocycles. The van der Waals surface area contributed by atoms with Gasteiger partial charge in [0.15, 0.2) is 4.75 Å². The largest absolute Gasteiger partial charge is 0.475 e. The number of nitrogens with zero attached hydrogens (tertiary/aromatic N) is 3. The number of piperidine rings is 2. The molecular formula is C30H42N4O7S. The van der Waals surface area contributed by atoms with Gasteiger partial charge in [0, 0.05) is 37.8 Å². The highest BCUT2D eigenvalue weighted by Gasteiger charge is 2.54. The van der Waals surface area contributed by atoms with Crippen molar-refractivity contribution in [2.75, 3.05) is 39.4 Å². The maximum Gasteiger partial charge on any atom is 0.410 e. The number of aliphatic hydroxyl groups is 1. The van der Waals surface area contributed by atoms with Gasteiger partial charge in [0.1, 0.15) is 12.2 Å². The zero-order valence-corrected chi connectivity index (χ0v) is 25.7. The molecule has 230 valence electrons. The van der Waals surface area contributed by atoms with Gasteiger partial charge in [-0.15, -0.1) is 0 Å². The standard InChI is InChI=1S/C30H42N4O7S/c1-21-20-23(8-9-24(21)25-6-5-7-26(32-25)40-19-18-35)22-10-14-34(15-11-22)42(38,39)30(27(31)36)12-16-33(17-13-30)28(37)41-29(2,3)4/h5-9,20,22,35H,10-19H2,1-4H3,(H2,31,36). The lowest BCUT2D eigenvalue weighted by Gasteiger charge is -2.43. The summed E-state index contributed by atoms with van der Waals surface area (Å²) in [6, 6.07) is 11.7. The second-order valence-electron chi connectivity index (χ2n) is 12.0. The van der Waals surface area contributed by atoms with Gasteiger partial charge in [0.25, 0.3) is 0 Å². The van der Waals surface area contributed by atoms with E-state index in [-0.39, 0.29) is 58.2 Å². The molecule has 3 N–H and O–H groups in total. The Labute approximate surface area is 248 Å². The average molecular weight is 603 g/mol. The number of hydrogen-bond donors (Lipinski definition) is 2. The SMILES string of the molecule is Cc1cc(C2CCN(S(=O)(=O)C3(C(N)=O)CCN(C(=O)OC(C)(C)C)CC3)CC2)ccc1-c1cccc(OCCO)n1. The quantitative estimate of drug-likeness (QED) is 0.467. The fourth-order valence-electron chi connectivity index (χ4n) is 5.71. The number of primary amides is 1. The van der Waals surface area contributed by atoms with Crippen molar-refractivity contribution in [1.29, 1.82) is 0 Å². The van der Waals surface area contributed by atoms with Crippen molar-refractivity contribution in [3.8, 4) is 17.1 Å². The molecule has 2 aromatic rings. The molecule has 0 radical (unpaired) electrons. The summed E-state index contributed by atoms with van der Waals surface area (Å²) in [4.78, 5) is 31.2. The molecule has 2 aliphatic heterocycles. The van der Waals surface area contributed by atoms with Crippen molar-refractivity contribution in [2.45, 2.75) is 69.6 Å². The number of aromatic nitrogens is 1. The molecule has 2 amide bonds. The summed E-state index contributed by atoms with van der Waals surface area (Å²) in [6.45, 7) is 8.10. The highest BCUT2D eigenvalue weighted by molar-refractivity contribution is 7.91. The highest BCUT2D eigenvalue weighted by Crippen LogP contribution is 2.38. The van der Waals surface area contributed by atoms with Crippen LogP contribution in [-0.2, 0) is 19.6 Å². The van der Waals surface area contributed by atoms with Gasteiger partial charge < -0.3 is 25.2 Å². The number of aryl methyl sites for hydroxylation is 1. The number of likely N-dealkylation sites (tertiary alicyclic amines) is 1. The van der Waals surface area contributed by atoms with E-state index in [4.69, 9.17) is 20.3 Å². The minimum Gasteiger partial charge on any atom is -0.475 e. The van der Waals surface area contributed by atoms with Crippen molar-refractivity contribution >= 4 is 22.0 Å². The Morgan fingerprint density at radius 3 is 2.33 bits per heavy atom. The minimum absolute atomic E-state index is 0.0647. The first-order valence-corrected chi connectivity index (χ1v) is 15.8. The van der Waals surface area contributed by atoms with E-state index in [1.807, 2.05) is 25.1 Å². The molecule has 0 bridgehead atoms. The van der Waals surface area contributed by atoms with Crippen LogP contribution in [0.1, 0.15) is 63.5 Å². The van der Waals surface area contributed by atoms with Crippen LogP contribution in [0.15, 0.2) is 36.4 Å². The first-order chi connectivity index (χ1) is 19.8. The van der Waals surface area contributed by atoms with Crippen LogP contribution in [0.4, 0.5) is 4.79 Å². The molecule has 2 fully saturated rings. The minimum atomic E-state index is -4.05. The Balaban J connectivity index is 1.42. The third-order valence-corrected chi connectivity index (χ3v) is 10.7. The number of amides is 2. The molecule has 0 atom stereocenters. The number of nitrogens with two attached hydrogens (primary N) is 1. The van der Waals surface area contributed by atoms with Crippen LogP contribution in [-0.4, -0.2) is 89.5 Å². The maximum absolute atomic E-state index is 13.9. The van der Waals surface area contributed by atoms with Gasteiger partial charge in [-0.05, 0) is 76.5 Å². The van der Waals surface area contributed by atoms with E-state index in [2.05, 4.69) is 17.1 Å². The molecule has 0 saturated carbocycles. The van der Waals surface area contributed by atoms with Gasteiger partial charge in [0.2, 0.25) is 21.8 Å². The molecule has 2 saturated heterocycles. The lowest BCUT2D eigenvalue weighted by Crippen LogP contribution is -2.62. The van der Waals surface area contributed by atoms with Gasteiger partial charge >= 0.3 is 6.09 Å². The zero-order chi connectivity index (χ0) is 30.7. The van der Waals surface area contributed by atoms with Crippen molar-refractivity contribution in [3.05, 3.63) is 47.5 Å². The fraction of sp³-hybridized carbons (Fsp3) is 0.567. The van der Waals surface area contributed by atoms with Gasteiger partial charge in [-0.2, -0.15) is 0 Å². The van der Waals surface area contributed by atoms with Crippen LogP contribution in [0.3, 0.4) is 0 Å². The summed E-state index contributed by atoms with van der Waals surface area (Å²) in [5, 5.41) is 9.01. The second-order valence-corrected chi connectivity index (χ2v) is 14.3. The number of carbonyl (C=O) groups excluding carboxylic acids is 2. The molecule has 1 aromatic heterocycles. The molecule has 1 aromatic carbocycles. The summed E-state index contributed by atoms with van der Waals surface area (Å²) >= 11 is 0. The van der Waals surface area contributed by atoms with E-state index in [1.165, 1.54) is 9.21 Å². The van der Waals surface area contributed by atoms with Crippen molar-refractivity contribution < 1.29 is 32.6 Å². The number of aliphatic hydroxyl groups excluding tert-OH is 1. The van der Waals surface area contributed by atoms with Crippen molar-refractivity contribution in [2.24, 2.45) is 5.73 Å². The number of ether oxygens (including phenoxy) is 2. The van der Waals surface area contributed by atoms with Gasteiger partial charge in [-0.3, -0.25) is 4.79 Å². The summed E-state index contributed by atoms with van der Waals surface area (Å²) in [5.41, 5.74) is 8.96. The van der Waals surface area contributed by atoms with E-state index >= 15 is 0 Å². The van der Waals surface area contributed by atoms with E-state index < -0.39 is 32.4 Å². The molecule has 0 spiro atoms. The van der Waals surface area contributed by atoms with Crippen LogP contribution in [0.5, 0.6) is 5.88 Å². The van der Waals surface area contributed by atoms with E-state index in [1.54, 1.807) is 26.8 Å². The number of pyridine rings is 1. The lowest BCUT2D eigenvalue weighted by molar-refractivity contribution is -0.121. The number of sulfonamides is 1. The van der Waals surface area contributed by atoms with Gasteiger partial charge in [-0.1, -0.05) is 24.3 Å². The molecular weight excluding hydrogens is 560 g/mol. The Hall–Kier alpha value is -3.22. The summed E-state index contributed by atoms with van der Waals surface area (Å²) in [5.74, 6) is -0.267. The van der Waals surface area contributed by atoms with Crippen molar-refractivity contribution in [1.82, 2.24) is 14.2 Å². The Morgan fingerprint density at radius 2 is 1.76 bits per heavy atom. The number of benzene rings is 1. The molecule has 3 heterocycles. The smallest absolute Gasteiger partial charge is 0.410 e. The number of hydrogen-bond acceptors (Lipinski definition) is 8.